The van der Waals surface area contributed by atoms with E-state index in [0.29, 0.717) is 0 Å². The Bertz CT molecular complexity index is 341. The first-order valence-electron chi connectivity index (χ1n) is 4.21. The number of carbonyl (C=O) groups is 2. The molecular formula is C8H10N2O3S. The molecule has 0 aromatic heterocycles. The lowest BCUT2D eigenvalue weighted by Gasteiger charge is -2.47. The number of carboxylic acid groups (broad SMARTS) is 1. The molecule has 2 unspecified atom stereocenters. The predicted molar refractivity (Wildman–Crippen MR) is 51.4 cm³/mol. The fraction of sp³-hybridized carbons (Fsp3) is 0.500. The molecule has 2 rings (SSSR count). The molecule has 1 saturated heterocycles. The molecule has 0 aromatic carbocycles. The van der Waals surface area contributed by atoms with Gasteiger partial charge in [0.25, 0.3) is 0 Å². The molecule has 5 nitrogen and oxygen atoms in total. The summed E-state index contributed by atoms with van der Waals surface area (Å²) >= 11 is 1.51. The fourth-order valence-corrected chi connectivity index (χ4v) is 2.90. The van der Waals surface area contributed by atoms with Gasteiger partial charge in [0.2, 0.25) is 5.91 Å². The van der Waals surface area contributed by atoms with Crippen LogP contribution in [0.15, 0.2) is 11.8 Å². The number of aliphatic carboxylic acids is 1. The van der Waals surface area contributed by atoms with E-state index in [-0.39, 0.29) is 22.2 Å². The molecule has 0 spiro atoms. The Labute approximate surface area is 84.9 Å². The predicted octanol–water partition coefficient (Wildman–Crippen LogP) is -0.414. The summed E-state index contributed by atoms with van der Waals surface area (Å²) < 4.78 is 0. The van der Waals surface area contributed by atoms with Gasteiger partial charge in [-0.15, -0.1) is 11.8 Å². The molecule has 0 bridgehead atoms. The summed E-state index contributed by atoms with van der Waals surface area (Å²) in [5, 5.41) is 8.75. The average molecular weight is 214 g/mol. The molecule has 3 atom stereocenters. The summed E-state index contributed by atoms with van der Waals surface area (Å²) in [5.41, 5.74) is 5.63. The van der Waals surface area contributed by atoms with E-state index < -0.39 is 12.0 Å². The van der Waals surface area contributed by atoms with Crippen LogP contribution in [-0.2, 0) is 9.59 Å². The van der Waals surface area contributed by atoms with Crippen molar-refractivity contribution in [3.05, 3.63) is 11.8 Å². The molecule has 1 amide bonds. The van der Waals surface area contributed by atoms with Gasteiger partial charge in [0.1, 0.15) is 17.1 Å². The van der Waals surface area contributed by atoms with Crippen LogP contribution in [0.4, 0.5) is 0 Å². The minimum absolute atomic E-state index is 0.0629. The lowest BCUT2D eigenvalue weighted by atomic mass is 10.1. The first-order chi connectivity index (χ1) is 6.52. The second-order valence-corrected chi connectivity index (χ2v) is 4.82. The molecule has 0 radical (unpaired) electrons. The highest BCUT2D eigenvalue weighted by Gasteiger charge is 2.51. The van der Waals surface area contributed by atoms with Crippen LogP contribution < -0.4 is 5.73 Å². The number of nitrogens with two attached hydrogens (primary N) is 1. The van der Waals surface area contributed by atoms with Gasteiger partial charge in [-0.2, -0.15) is 0 Å². The van der Waals surface area contributed by atoms with Crippen LogP contribution in [0.1, 0.15) is 6.92 Å². The smallest absolute Gasteiger partial charge is 0.352 e. The molecule has 14 heavy (non-hydrogen) atoms. The van der Waals surface area contributed by atoms with E-state index in [1.807, 2.05) is 6.92 Å². The number of nitrogens with zero attached hydrogens (tertiary/aromatic N) is 1. The summed E-state index contributed by atoms with van der Waals surface area (Å²) in [6, 6.07) is -0.550. The maximum absolute atomic E-state index is 11.3. The molecule has 1 fully saturated rings. The minimum Gasteiger partial charge on any atom is -0.477 e. The Hall–Kier alpha value is -1.01. The standard InChI is InChI=1S/C8H10N2O3S/c1-3-2-4(8(12)13)10-6(11)5(9)7(10)14-3/h2-3,5,7H,9H2,1H3,(H,12,13)/t3?,5?,7-/m0/s1. The van der Waals surface area contributed by atoms with Crippen LogP contribution in [-0.4, -0.2) is 38.5 Å². The van der Waals surface area contributed by atoms with E-state index in [4.69, 9.17) is 10.8 Å². The van der Waals surface area contributed by atoms with Gasteiger partial charge in [-0.05, 0) is 13.0 Å². The van der Waals surface area contributed by atoms with Gasteiger partial charge < -0.3 is 10.8 Å². The molecule has 0 saturated carbocycles. The van der Waals surface area contributed by atoms with Crippen molar-refractivity contribution in [3.63, 3.8) is 0 Å². The van der Waals surface area contributed by atoms with Gasteiger partial charge >= 0.3 is 5.97 Å². The summed E-state index contributed by atoms with van der Waals surface area (Å²) in [5.74, 6) is -1.37. The average Bonchev–Trinajstić information content (AvgIpc) is 2.15. The van der Waals surface area contributed by atoms with E-state index in [1.54, 1.807) is 6.08 Å². The number of rotatable bonds is 1. The van der Waals surface area contributed by atoms with Crippen LogP contribution in [0.5, 0.6) is 0 Å². The van der Waals surface area contributed by atoms with Crippen molar-refractivity contribution in [2.45, 2.75) is 23.6 Å². The summed E-state index contributed by atoms with van der Waals surface area (Å²) in [7, 11) is 0. The number of fused-ring (bicyclic) bond motifs is 1. The maximum Gasteiger partial charge on any atom is 0.352 e. The Kier molecular flexibility index (Phi) is 2.04. The zero-order chi connectivity index (χ0) is 10.5. The number of carboxylic acids is 1. The highest BCUT2D eigenvalue weighted by atomic mass is 32.2. The van der Waals surface area contributed by atoms with Crippen molar-refractivity contribution >= 4 is 23.6 Å². The Morgan fingerprint density at radius 3 is 2.93 bits per heavy atom. The molecule has 3 N–H and O–H groups in total. The second kappa shape index (κ2) is 2.99. The lowest BCUT2D eigenvalue weighted by molar-refractivity contribution is -0.147. The Morgan fingerprint density at radius 2 is 2.36 bits per heavy atom. The van der Waals surface area contributed by atoms with Crippen LogP contribution in [0.3, 0.4) is 0 Å². The molecular weight excluding hydrogens is 204 g/mol. The third-order valence-corrected chi connectivity index (χ3v) is 3.66. The third-order valence-electron chi connectivity index (χ3n) is 2.31. The van der Waals surface area contributed by atoms with E-state index in [0.717, 1.165) is 0 Å². The number of carbonyl (C=O) groups excluding carboxylic acids is 1. The van der Waals surface area contributed by atoms with E-state index >= 15 is 0 Å². The van der Waals surface area contributed by atoms with Crippen LogP contribution >= 0.6 is 11.8 Å². The van der Waals surface area contributed by atoms with Gasteiger partial charge in [-0.25, -0.2) is 4.79 Å². The number of hydrogen-bond acceptors (Lipinski definition) is 4. The lowest BCUT2D eigenvalue weighted by Crippen LogP contribution is -2.68. The van der Waals surface area contributed by atoms with Gasteiger partial charge in [0.05, 0.1) is 0 Å². The minimum atomic E-state index is -1.07. The van der Waals surface area contributed by atoms with Crippen molar-refractivity contribution in [2.24, 2.45) is 5.73 Å². The number of amides is 1. The third kappa shape index (κ3) is 1.14. The van der Waals surface area contributed by atoms with Crippen LogP contribution in [0.2, 0.25) is 0 Å². The molecule has 2 aliphatic heterocycles. The quantitative estimate of drug-likeness (QED) is 0.579. The number of thioether (sulfide) groups is 1. The van der Waals surface area contributed by atoms with Gasteiger partial charge in [0, 0.05) is 5.25 Å². The molecule has 2 aliphatic rings. The summed E-state index contributed by atoms with van der Waals surface area (Å²) in [6.07, 6.45) is 1.58. The second-order valence-electron chi connectivity index (χ2n) is 3.32. The van der Waals surface area contributed by atoms with Crippen molar-refractivity contribution < 1.29 is 14.7 Å². The van der Waals surface area contributed by atoms with Gasteiger partial charge in [-0.3, -0.25) is 9.69 Å². The van der Waals surface area contributed by atoms with Crippen LogP contribution in [0.25, 0.3) is 0 Å². The molecule has 0 aliphatic carbocycles. The molecule has 0 aromatic rings. The topological polar surface area (TPSA) is 83.6 Å². The SMILES string of the molecule is CC1C=C(C(=O)O)N2C(=O)C(N)[C@@H]2S1. The van der Waals surface area contributed by atoms with Crippen molar-refractivity contribution in [1.82, 2.24) is 4.90 Å². The van der Waals surface area contributed by atoms with Crippen molar-refractivity contribution in [3.8, 4) is 0 Å². The maximum atomic E-state index is 11.3. The number of hydrogen-bond donors (Lipinski definition) is 2. The zero-order valence-electron chi connectivity index (χ0n) is 7.51. The first kappa shape index (κ1) is 9.54. The normalized spacial score (nSPS) is 35.9. The van der Waals surface area contributed by atoms with Crippen molar-refractivity contribution in [2.75, 3.05) is 0 Å². The van der Waals surface area contributed by atoms with Crippen LogP contribution in [0, 0.1) is 0 Å². The van der Waals surface area contributed by atoms with Crippen molar-refractivity contribution in [1.29, 1.82) is 0 Å². The Balaban J connectivity index is 2.32. The summed E-state index contributed by atoms with van der Waals surface area (Å²) in [6.45, 7) is 1.89. The summed E-state index contributed by atoms with van der Waals surface area (Å²) in [4.78, 5) is 23.4. The fourth-order valence-electron chi connectivity index (χ4n) is 1.62. The van der Waals surface area contributed by atoms with E-state index in [1.165, 1.54) is 16.7 Å². The molecule has 2 heterocycles. The first-order valence-corrected chi connectivity index (χ1v) is 5.16. The molecule has 76 valence electrons. The highest BCUT2D eigenvalue weighted by Crippen LogP contribution is 2.39. The van der Waals surface area contributed by atoms with Gasteiger partial charge in [-0.1, -0.05) is 0 Å². The Morgan fingerprint density at radius 1 is 1.71 bits per heavy atom. The van der Waals surface area contributed by atoms with E-state index in [9.17, 15) is 9.59 Å². The number of β-lactam (4-membered cyclic amide) rings is 1. The molecule has 6 heteroatoms. The highest BCUT2D eigenvalue weighted by molar-refractivity contribution is 8.00. The van der Waals surface area contributed by atoms with E-state index in [2.05, 4.69) is 0 Å². The van der Waals surface area contributed by atoms with Gasteiger partial charge in [0.15, 0.2) is 0 Å². The monoisotopic (exact) mass is 214 g/mol. The largest absolute Gasteiger partial charge is 0.477 e. The zero-order valence-corrected chi connectivity index (χ0v) is 8.32.